The van der Waals surface area contributed by atoms with E-state index in [1.54, 1.807) is 18.3 Å². The molecule has 0 spiro atoms. The second-order valence-electron chi connectivity index (χ2n) is 8.37. The second-order valence-corrected chi connectivity index (χ2v) is 9.31. The van der Waals surface area contributed by atoms with Gasteiger partial charge in [0.25, 0.3) is 0 Å². The van der Waals surface area contributed by atoms with Crippen molar-refractivity contribution >= 4 is 23.2 Å². The highest BCUT2D eigenvalue weighted by molar-refractivity contribution is 7.09. The standard InChI is InChI=1S/C22H25F2N3O2S/c1-13-4-3-5-15(8-13)19-18-17(30-12-26-18)6-7-27(19)21(29)14(2)11-25-20(28)16-9-22(23,24)10-16/h3-5,8,12,14,16,19H,6-7,9-11H2,1-2H3,(H,25,28)/t14-,19+/m0/s1. The van der Waals surface area contributed by atoms with Crippen molar-refractivity contribution < 1.29 is 18.4 Å². The molecular formula is C22H25F2N3O2S. The van der Waals surface area contributed by atoms with Crippen LogP contribution < -0.4 is 5.32 Å². The number of alkyl halides is 2. The van der Waals surface area contributed by atoms with Crippen molar-refractivity contribution in [1.29, 1.82) is 0 Å². The summed E-state index contributed by atoms with van der Waals surface area (Å²) in [6.07, 6.45) is -0.0606. The molecule has 0 unspecified atom stereocenters. The molecule has 1 aromatic heterocycles. The number of nitrogens with zero attached hydrogens (tertiary/aromatic N) is 2. The van der Waals surface area contributed by atoms with Gasteiger partial charge < -0.3 is 10.2 Å². The zero-order valence-corrected chi connectivity index (χ0v) is 17.8. The summed E-state index contributed by atoms with van der Waals surface area (Å²) < 4.78 is 26.0. The average Bonchev–Trinajstić information content (AvgIpc) is 3.17. The third kappa shape index (κ3) is 4.10. The van der Waals surface area contributed by atoms with E-state index in [0.717, 1.165) is 23.2 Å². The molecular weight excluding hydrogens is 408 g/mol. The molecule has 1 aromatic carbocycles. The molecule has 0 bridgehead atoms. The van der Waals surface area contributed by atoms with Crippen molar-refractivity contribution in [2.45, 2.75) is 45.1 Å². The number of aryl methyl sites for hydroxylation is 1. The fraction of sp³-hybridized carbons (Fsp3) is 0.500. The first-order valence-corrected chi connectivity index (χ1v) is 11.1. The molecule has 4 rings (SSSR count). The third-order valence-corrected chi connectivity index (χ3v) is 6.84. The van der Waals surface area contributed by atoms with Crippen LogP contribution in [0, 0.1) is 18.8 Å². The van der Waals surface area contributed by atoms with Crippen molar-refractivity contribution in [1.82, 2.24) is 15.2 Å². The Hall–Kier alpha value is -2.35. The van der Waals surface area contributed by atoms with Crippen LogP contribution in [-0.4, -0.2) is 40.7 Å². The molecule has 5 nitrogen and oxygen atoms in total. The molecule has 2 amide bonds. The summed E-state index contributed by atoms with van der Waals surface area (Å²) in [7, 11) is 0. The summed E-state index contributed by atoms with van der Waals surface area (Å²) in [6, 6.07) is 7.82. The summed E-state index contributed by atoms with van der Waals surface area (Å²) in [5, 5.41) is 2.69. The van der Waals surface area contributed by atoms with Gasteiger partial charge in [0.15, 0.2) is 0 Å². The third-order valence-electron chi connectivity index (χ3n) is 5.93. The Labute approximate surface area is 178 Å². The van der Waals surface area contributed by atoms with Gasteiger partial charge in [0, 0.05) is 43.1 Å². The molecule has 0 saturated heterocycles. The monoisotopic (exact) mass is 433 g/mol. The predicted molar refractivity (Wildman–Crippen MR) is 110 cm³/mol. The summed E-state index contributed by atoms with van der Waals surface area (Å²) >= 11 is 1.61. The summed E-state index contributed by atoms with van der Waals surface area (Å²) in [5.74, 6) is -4.31. The Bertz CT molecular complexity index is 953. The largest absolute Gasteiger partial charge is 0.355 e. The lowest BCUT2D eigenvalue weighted by atomic mass is 9.80. The number of benzene rings is 1. The maximum atomic E-state index is 13.3. The van der Waals surface area contributed by atoms with Crippen LogP contribution in [0.25, 0.3) is 0 Å². The maximum Gasteiger partial charge on any atom is 0.249 e. The van der Waals surface area contributed by atoms with E-state index in [9.17, 15) is 18.4 Å². The lowest BCUT2D eigenvalue weighted by Crippen LogP contribution is -2.48. The first kappa shape index (κ1) is 20.9. The molecule has 160 valence electrons. The molecule has 2 heterocycles. The van der Waals surface area contributed by atoms with E-state index in [1.165, 1.54) is 4.88 Å². The van der Waals surface area contributed by atoms with Gasteiger partial charge in [-0.05, 0) is 12.5 Å². The van der Waals surface area contributed by atoms with Crippen LogP contribution >= 0.6 is 11.3 Å². The van der Waals surface area contributed by atoms with Crippen molar-refractivity contribution in [3.05, 3.63) is 51.5 Å². The Kier molecular flexibility index (Phi) is 5.61. The maximum absolute atomic E-state index is 13.3. The molecule has 2 atom stereocenters. The fourth-order valence-corrected chi connectivity index (χ4v) is 5.01. The number of nitrogens with one attached hydrogen (secondary N) is 1. The smallest absolute Gasteiger partial charge is 0.249 e. The first-order valence-electron chi connectivity index (χ1n) is 10.2. The van der Waals surface area contributed by atoms with Gasteiger partial charge >= 0.3 is 0 Å². The molecule has 0 radical (unpaired) electrons. The number of carbonyl (C=O) groups is 2. The number of aromatic nitrogens is 1. The van der Waals surface area contributed by atoms with E-state index < -0.39 is 36.5 Å². The SMILES string of the molecule is Cc1cccc([C@@H]2c3ncsc3CCN2C(=O)[C@@H](C)CNC(=O)C2CC(F)(F)C2)c1. The van der Waals surface area contributed by atoms with Crippen LogP contribution in [-0.2, 0) is 16.0 Å². The highest BCUT2D eigenvalue weighted by Crippen LogP contribution is 2.42. The highest BCUT2D eigenvalue weighted by atomic mass is 32.1. The van der Waals surface area contributed by atoms with E-state index in [4.69, 9.17) is 0 Å². The number of hydrogen-bond acceptors (Lipinski definition) is 4. The van der Waals surface area contributed by atoms with Gasteiger partial charge in [0.2, 0.25) is 17.7 Å². The number of thiazole rings is 1. The van der Waals surface area contributed by atoms with E-state index in [1.807, 2.05) is 35.5 Å². The van der Waals surface area contributed by atoms with E-state index in [2.05, 4.69) is 16.4 Å². The fourth-order valence-electron chi connectivity index (χ4n) is 4.22. The zero-order chi connectivity index (χ0) is 21.5. The molecule has 8 heteroatoms. The molecule has 1 fully saturated rings. The van der Waals surface area contributed by atoms with Crippen LogP contribution in [0.1, 0.15) is 47.5 Å². The molecule has 1 N–H and O–H groups in total. The minimum Gasteiger partial charge on any atom is -0.355 e. The van der Waals surface area contributed by atoms with Gasteiger partial charge in [-0.1, -0.05) is 36.8 Å². The van der Waals surface area contributed by atoms with Crippen molar-refractivity contribution in [3.63, 3.8) is 0 Å². The summed E-state index contributed by atoms with van der Waals surface area (Å²) in [6.45, 7) is 4.50. The van der Waals surface area contributed by atoms with Gasteiger partial charge in [-0.2, -0.15) is 0 Å². The minimum absolute atomic E-state index is 0.0700. The molecule has 2 aromatic rings. The number of halogens is 2. The number of carbonyl (C=O) groups excluding carboxylic acids is 2. The number of rotatable bonds is 5. The van der Waals surface area contributed by atoms with Gasteiger partial charge in [-0.3, -0.25) is 9.59 Å². The number of amides is 2. The highest BCUT2D eigenvalue weighted by Gasteiger charge is 2.48. The van der Waals surface area contributed by atoms with E-state index in [-0.39, 0.29) is 18.5 Å². The molecule has 1 saturated carbocycles. The Balaban J connectivity index is 1.47. The normalized spacial score (nSPS) is 21.5. The van der Waals surface area contributed by atoms with Crippen molar-refractivity contribution in [2.75, 3.05) is 13.1 Å². The Morgan fingerprint density at radius 1 is 1.37 bits per heavy atom. The zero-order valence-electron chi connectivity index (χ0n) is 17.0. The quantitative estimate of drug-likeness (QED) is 0.782. The van der Waals surface area contributed by atoms with Crippen LogP contribution in [0.15, 0.2) is 29.8 Å². The lowest BCUT2D eigenvalue weighted by molar-refractivity contribution is -0.150. The minimum atomic E-state index is -2.73. The van der Waals surface area contributed by atoms with Crippen LogP contribution in [0.2, 0.25) is 0 Å². The number of hydrogen-bond donors (Lipinski definition) is 1. The average molecular weight is 434 g/mol. The Morgan fingerprint density at radius 3 is 2.83 bits per heavy atom. The van der Waals surface area contributed by atoms with E-state index >= 15 is 0 Å². The van der Waals surface area contributed by atoms with Gasteiger partial charge in [0.05, 0.1) is 17.1 Å². The topological polar surface area (TPSA) is 62.3 Å². The number of fused-ring (bicyclic) bond motifs is 1. The molecule has 1 aliphatic carbocycles. The molecule has 30 heavy (non-hydrogen) atoms. The lowest BCUT2D eigenvalue weighted by Gasteiger charge is -2.37. The van der Waals surface area contributed by atoms with Gasteiger partial charge in [-0.25, -0.2) is 13.8 Å². The first-order chi connectivity index (χ1) is 14.2. The summed E-state index contributed by atoms with van der Waals surface area (Å²) in [5.41, 5.74) is 4.86. The van der Waals surface area contributed by atoms with Crippen molar-refractivity contribution in [3.8, 4) is 0 Å². The van der Waals surface area contributed by atoms with Crippen LogP contribution in [0.5, 0.6) is 0 Å². The Morgan fingerprint density at radius 2 is 2.13 bits per heavy atom. The van der Waals surface area contributed by atoms with Crippen LogP contribution in [0.3, 0.4) is 0 Å². The van der Waals surface area contributed by atoms with Crippen LogP contribution in [0.4, 0.5) is 8.78 Å². The predicted octanol–water partition coefficient (Wildman–Crippen LogP) is 3.72. The second kappa shape index (κ2) is 8.06. The molecule has 2 aliphatic rings. The summed E-state index contributed by atoms with van der Waals surface area (Å²) in [4.78, 5) is 33.0. The van der Waals surface area contributed by atoms with Gasteiger partial charge in [0.1, 0.15) is 6.04 Å². The van der Waals surface area contributed by atoms with Crippen molar-refractivity contribution in [2.24, 2.45) is 11.8 Å². The van der Waals surface area contributed by atoms with Gasteiger partial charge in [-0.15, -0.1) is 11.3 Å². The molecule has 1 aliphatic heterocycles. The van der Waals surface area contributed by atoms with E-state index in [0.29, 0.717) is 6.54 Å².